The number of hydrogen-bond acceptors (Lipinski definition) is 9. The number of carbonyl (C=O) groups is 1. The largest absolute Gasteiger partial charge is 0.480 e. The van der Waals surface area contributed by atoms with Crippen molar-refractivity contribution in [2.75, 3.05) is 50.5 Å². The Labute approximate surface area is 204 Å². The summed E-state index contributed by atoms with van der Waals surface area (Å²) >= 11 is 0. The number of methoxy groups -OCH3 is 1. The minimum Gasteiger partial charge on any atom is -0.480 e. The van der Waals surface area contributed by atoms with E-state index in [1.165, 1.54) is 11.9 Å². The van der Waals surface area contributed by atoms with Crippen molar-refractivity contribution in [2.24, 2.45) is 0 Å². The van der Waals surface area contributed by atoms with Crippen molar-refractivity contribution in [3.63, 3.8) is 0 Å². The van der Waals surface area contributed by atoms with Crippen LogP contribution in [0.5, 0.6) is 0 Å². The van der Waals surface area contributed by atoms with Crippen molar-refractivity contribution < 1.29 is 14.6 Å². The Morgan fingerprint density at radius 2 is 2.17 bits per heavy atom. The second-order valence-electron chi connectivity index (χ2n) is 8.81. The molecule has 4 heterocycles. The quantitative estimate of drug-likeness (QED) is 0.253. The maximum absolute atomic E-state index is 11.9. The summed E-state index contributed by atoms with van der Waals surface area (Å²) in [6.45, 7) is 3.86. The van der Waals surface area contributed by atoms with Gasteiger partial charge in [-0.05, 0) is 56.7 Å². The molecule has 35 heavy (non-hydrogen) atoms. The first-order valence-corrected chi connectivity index (χ1v) is 12.2. The summed E-state index contributed by atoms with van der Waals surface area (Å²) in [6, 6.07) is 3.56. The van der Waals surface area contributed by atoms with Crippen LogP contribution in [0.4, 0.5) is 11.6 Å². The normalized spacial score (nSPS) is 14.0. The Morgan fingerprint density at radius 1 is 1.26 bits per heavy atom. The Balaban J connectivity index is 1.27. The molecule has 11 heteroatoms. The minimum absolute atomic E-state index is 0.431. The van der Waals surface area contributed by atoms with Crippen molar-refractivity contribution in [3.05, 3.63) is 35.9 Å². The number of nitrogens with zero attached hydrogens (tertiary/aromatic N) is 5. The molecule has 3 aromatic heterocycles. The molecule has 0 saturated heterocycles. The maximum Gasteiger partial charge on any atom is 0.326 e. The third-order valence-corrected chi connectivity index (χ3v) is 6.31. The van der Waals surface area contributed by atoms with Gasteiger partial charge in [-0.25, -0.2) is 19.7 Å². The number of fused-ring (bicyclic) bond motifs is 2. The molecule has 188 valence electrons. The molecule has 4 rings (SSSR count). The Kier molecular flexibility index (Phi) is 8.79. The van der Waals surface area contributed by atoms with Gasteiger partial charge in [0.25, 0.3) is 0 Å². The van der Waals surface area contributed by atoms with E-state index in [0.29, 0.717) is 36.4 Å². The zero-order valence-corrected chi connectivity index (χ0v) is 20.2. The molecule has 11 nitrogen and oxygen atoms in total. The topological polar surface area (TPSA) is 141 Å². The first-order chi connectivity index (χ1) is 17.1. The Hall–Kier alpha value is -3.31. The SMILES string of the molecule is COCCN(CCCCc1ccc2c(n1)NCCC2)CCC(Nc1ncnc2[nH]ncc12)C(=O)O. The van der Waals surface area contributed by atoms with Crippen molar-refractivity contribution in [1.29, 1.82) is 0 Å². The van der Waals surface area contributed by atoms with Gasteiger partial charge in [-0.2, -0.15) is 5.10 Å². The molecule has 0 saturated carbocycles. The average molecular weight is 483 g/mol. The summed E-state index contributed by atoms with van der Waals surface area (Å²) in [6.07, 6.45) is 8.63. The second-order valence-corrected chi connectivity index (χ2v) is 8.81. The minimum atomic E-state index is -0.918. The third-order valence-electron chi connectivity index (χ3n) is 6.31. The lowest BCUT2D eigenvalue weighted by Gasteiger charge is -2.24. The number of carboxylic acid groups (broad SMARTS) is 1. The summed E-state index contributed by atoms with van der Waals surface area (Å²) in [7, 11) is 1.68. The lowest BCUT2D eigenvalue weighted by atomic mass is 10.1. The summed E-state index contributed by atoms with van der Waals surface area (Å²) in [5.74, 6) is 0.588. The zero-order chi connectivity index (χ0) is 24.5. The van der Waals surface area contributed by atoms with Crippen LogP contribution in [0.25, 0.3) is 11.0 Å². The first-order valence-electron chi connectivity index (χ1n) is 12.2. The van der Waals surface area contributed by atoms with Gasteiger partial charge in [0.15, 0.2) is 5.65 Å². The molecule has 1 atom stereocenters. The number of anilines is 2. The molecule has 0 amide bonds. The first kappa shape index (κ1) is 24.8. The molecule has 0 aliphatic carbocycles. The summed E-state index contributed by atoms with van der Waals surface area (Å²) < 4.78 is 5.27. The monoisotopic (exact) mass is 482 g/mol. The number of nitrogens with one attached hydrogen (secondary N) is 3. The van der Waals surface area contributed by atoms with E-state index in [9.17, 15) is 9.90 Å². The Bertz CT molecular complexity index is 1110. The lowest BCUT2D eigenvalue weighted by Crippen LogP contribution is -2.37. The summed E-state index contributed by atoms with van der Waals surface area (Å²) in [4.78, 5) is 27.3. The highest BCUT2D eigenvalue weighted by Crippen LogP contribution is 2.21. The van der Waals surface area contributed by atoms with Crippen LogP contribution >= 0.6 is 0 Å². The predicted octanol–water partition coefficient (Wildman–Crippen LogP) is 2.33. The van der Waals surface area contributed by atoms with E-state index in [1.807, 2.05) is 0 Å². The molecule has 0 aromatic carbocycles. The summed E-state index contributed by atoms with van der Waals surface area (Å²) in [5.41, 5.74) is 2.99. The van der Waals surface area contributed by atoms with Crippen LogP contribution in [0.3, 0.4) is 0 Å². The highest BCUT2D eigenvalue weighted by Gasteiger charge is 2.21. The number of aromatic nitrogens is 5. The van der Waals surface area contributed by atoms with Gasteiger partial charge in [0.2, 0.25) is 0 Å². The number of ether oxygens (including phenoxy) is 1. The highest BCUT2D eigenvalue weighted by atomic mass is 16.5. The zero-order valence-electron chi connectivity index (χ0n) is 20.2. The van der Waals surface area contributed by atoms with Crippen molar-refractivity contribution in [1.82, 2.24) is 30.0 Å². The molecule has 1 unspecified atom stereocenters. The van der Waals surface area contributed by atoms with Gasteiger partial charge in [-0.3, -0.25) is 5.10 Å². The number of aryl methyl sites for hydroxylation is 2. The predicted molar refractivity (Wildman–Crippen MR) is 134 cm³/mol. The summed E-state index contributed by atoms with van der Waals surface area (Å²) in [5, 5.41) is 23.6. The number of aliphatic carboxylic acids is 1. The van der Waals surface area contributed by atoms with E-state index in [1.54, 1.807) is 13.3 Å². The lowest BCUT2D eigenvalue weighted by molar-refractivity contribution is -0.138. The molecule has 3 aromatic rings. The Morgan fingerprint density at radius 3 is 3.03 bits per heavy atom. The van der Waals surface area contributed by atoms with Gasteiger partial charge in [-0.1, -0.05) is 6.07 Å². The average Bonchev–Trinajstić information content (AvgIpc) is 3.36. The highest BCUT2D eigenvalue weighted by molar-refractivity contribution is 5.88. The number of H-pyrrole nitrogens is 1. The van der Waals surface area contributed by atoms with Crippen LogP contribution in [0.2, 0.25) is 0 Å². The molecule has 4 N–H and O–H groups in total. The number of rotatable bonds is 14. The van der Waals surface area contributed by atoms with Gasteiger partial charge in [0.1, 0.15) is 24.0 Å². The fourth-order valence-electron chi connectivity index (χ4n) is 4.32. The fourth-order valence-corrected chi connectivity index (χ4v) is 4.32. The number of pyridine rings is 1. The molecule has 0 radical (unpaired) electrons. The van der Waals surface area contributed by atoms with Crippen molar-refractivity contribution in [3.8, 4) is 0 Å². The molecule has 0 fully saturated rings. The molecule has 1 aliphatic heterocycles. The van der Waals surface area contributed by atoms with Crippen LogP contribution in [0.15, 0.2) is 24.7 Å². The third kappa shape index (κ3) is 6.86. The number of aromatic amines is 1. The van der Waals surface area contributed by atoms with E-state index in [2.05, 4.69) is 47.8 Å². The van der Waals surface area contributed by atoms with E-state index in [-0.39, 0.29) is 0 Å². The van der Waals surface area contributed by atoms with E-state index in [0.717, 1.165) is 63.3 Å². The number of unbranched alkanes of at least 4 members (excludes halogenated alkanes) is 1. The van der Waals surface area contributed by atoms with E-state index < -0.39 is 12.0 Å². The molecule has 0 spiro atoms. The van der Waals surface area contributed by atoms with Gasteiger partial charge in [-0.15, -0.1) is 0 Å². The van der Waals surface area contributed by atoms with Crippen molar-refractivity contribution in [2.45, 2.75) is 44.6 Å². The van der Waals surface area contributed by atoms with Crippen LogP contribution < -0.4 is 10.6 Å². The van der Waals surface area contributed by atoms with E-state index in [4.69, 9.17) is 9.72 Å². The van der Waals surface area contributed by atoms with E-state index >= 15 is 0 Å². The fraction of sp³-hybridized carbons (Fsp3) is 0.542. The van der Waals surface area contributed by atoms with Gasteiger partial charge < -0.3 is 25.4 Å². The van der Waals surface area contributed by atoms with Crippen LogP contribution in [0.1, 0.15) is 36.9 Å². The molecular weight excluding hydrogens is 448 g/mol. The van der Waals surface area contributed by atoms with Crippen LogP contribution in [-0.4, -0.2) is 87.1 Å². The van der Waals surface area contributed by atoms with Crippen LogP contribution in [-0.2, 0) is 22.4 Å². The smallest absolute Gasteiger partial charge is 0.326 e. The van der Waals surface area contributed by atoms with Gasteiger partial charge >= 0.3 is 5.97 Å². The van der Waals surface area contributed by atoms with Gasteiger partial charge in [0.05, 0.1) is 18.2 Å². The molecular formula is C24H34N8O3. The molecule has 1 aliphatic rings. The number of hydrogen-bond donors (Lipinski definition) is 4. The van der Waals surface area contributed by atoms with Gasteiger partial charge in [0, 0.05) is 32.4 Å². The standard InChI is InChI=1S/C24H34N8O3/c1-35-14-13-32(11-3-2-6-18-8-7-17-5-4-10-25-21(17)29-18)12-9-20(24(33)34)30-22-19-15-28-31-23(19)27-16-26-22/h7-8,15-16,20H,2-6,9-14H2,1H3,(H,25,29)(H,33,34)(H2,26,27,28,30,31). The molecule has 0 bridgehead atoms. The second kappa shape index (κ2) is 12.4. The van der Waals surface area contributed by atoms with Crippen LogP contribution in [0, 0.1) is 0 Å². The van der Waals surface area contributed by atoms with Crippen molar-refractivity contribution >= 4 is 28.6 Å². The number of carboxylic acids is 1. The maximum atomic E-state index is 11.9.